The van der Waals surface area contributed by atoms with Crippen LogP contribution in [0.4, 0.5) is 4.39 Å². The second kappa shape index (κ2) is 8.14. The fourth-order valence-electron chi connectivity index (χ4n) is 4.46. The lowest BCUT2D eigenvalue weighted by molar-refractivity contribution is 0.0530. The summed E-state index contributed by atoms with van der Waals surface area (Å²) in [6.07, 6.45) is 2.00. The van der Waals surface area contributed by atoms with Gasteiger partial charge >= 0.3 is 0 Å². The van der Waals surface area contributed by atoms with E-state index in [0.29, 0.717) is 35.3 Å². The van der Waals surface area contributed by atoms with Crippen LogP contribution in [0.1, 0.15) is 23.2 Å². The molecule has 7 heteroatoms. The summed E-state index contributed by atoms with van der Waals surface area (Å²) in [5.41, 5.74) is 0.572. The van der Waals surface area contributed by atoms with Gasteiger partial charge in [-0.2, -0.15) is 0 Å². The van der Waals surface area contributed by atoms with Crippen LogP contribution in [-0.4, -0.2) is 55.8 Å². The van der Waals surface area contributed by atoms with Gasteiger partial charge in [0.25, 0.3) is 5.91 Å². The Morgan fingerprint density at radius 2 is 2.03 bits per heavy atom. The second-order valence-electron chi connectivity index (χ2n) is 8.20. The fourth-order valence-corrected chi connectivity index (χ4v) is 4.46. The maximum Gasteiger partial charge on any atom is 0.251 e. The Balaban J connectivity index is 1.18. The van der Waals surface area contributed by atoms with E-state index in [1.54, 1.807) is 30.3 Å². The number of benzene rings is 2. The number of fused-ring (bicyclic) bond motifs is 4. The van der Waals surface area contributed by atoms with E-state index in [4.69, 9.17) is 14.2 Å². The quantitative estimate of drug-likeness (QED) is 0.819. The Morgan fingerprint density at radius 3 is 2.80 bits per heavy atom. The predicted molar refractivity (Wildman–Crippen MR) is 109 cm³/mol. The molecule has 0 aliphatic carbocycles. The number of carbonyl (C=O) groups excluding carboxylic acids is 1. The molecule has 1 amide bonds. The van der Waals surface area contributed by atoms with E-state index < -0.39 is 0 Å². The zero-order valence-corrected chi connectivity index (χ0v) is 16.7. The first-order chi connectivity index (χ1) is 14.6. The summed E-state index contributed by atoms with van der Waals surface area (Å²) in [5.74, 6) is 1.74. The van der Waals surface area contributed by atoms with Gasteiger partial charge in [-0.1, -0.05) is 6.07 Å². The number of halogens is 1. The lowest BCUT2D eigenvalue weighted by atomic mass is 9.84. The van der Waals surface area contributed by atoms with Crippen LogP contribution in [0.15, 0.2) is 42.5 Å². The first-order valence-corrected chi connectivity index (χ1v) is 10.5. The van der Waals surface area contributed by atoms with Gasteiger partial charge in [-0.25, -0.2) is 4.39 Å². The van der Waals surface area contributed by atoms with Crippen molar-refractivity contribution in [2.75, 3.05) is 32.8 Å². The van der Waals surface area contributed by atoms with E-state index in [1.807, 2.05) is 0 Å². The van der Waals surface area contributed by atoms with Crippen molar-refractivity contribution in [2.45, 2.75) is 25.0 Å². The van der Waals surface area contributed by atoms with Crippen LogP contribution in [0.25, 0.3) is 0 Å². The molecular formula is C23H25FN2O4. The van der Waals surface area contributed by atoms with Crippen molar-refractivity contribution in [3.63, 3.8) is 0 Å². The minimum atomic E-state index is -0.345. The van der Waals surface area contributed by atoms with Crippen LogP contribution in [0.3, 0.4) is 0 Å². The highest BCUT2D eigenvalue weighted by atomic mass is 19.1. The van der Waals surface area contributed by atoms with E-state index in [1.165, 1.54) is 12.1 Å². The molecule has 4 heterocycles. The summed E-state index contributed by atoms with van der Waals surface area (Å²) in [7, 11) is 0. The molecule has 2 aromatic carbocycles. The van der Waals surface area contributed by atoms with Gasteiger partial charge in [0, 0.05) is 24.2 Å². The number of hydrogen-bond donors (Lipinski definition) is 1. The van der Waals surface area contributed by atoms with Crippen LogP contribution in [0, 0.1) is 11.7 Å². The molecule has 4 aliphatic rings. The molecule has 0 aromatic heterocycles. The molecule has 0 unspecified atom stereocenters. The van der Waals surface area contributed by atoms with Crippen molar-refractivity contribution in [3.05, 3.63) is 53.8 Å². The zero-order valence-electron chi connectivity index (χ0n) is 16.7. The molecule has 1 N–H and O–H groups in total. The van der Waals surface area contributed by atoms with E-state index >= 15 is 0 Å². The SMILES string of the molecule is O=C(N[C@H]1CN2CCC1CC2)c1ccc2c(c1)OC[C@@H](COc1cccc(F)c1)O2. The van der Waals surface area contributed by atoms with Crippen molar-refractivity contribution in [1.29, 1.82) is 0 Å². The van der Waals surface area contributed by atoms with Gasteiger partial charge < -0.3 is 24.4 Å². The first-order valence-electron chi connectivity index (χ1n) is 10.5. The average Bonchev–Trinajstić information content (AvgIpc) is 2.78. The summed E-state index contributed by atoms with van der Waals surface area (Å²) in [6.45, 7) is 3.77. The minimum Gasteiger partial charge on any atom is -0.489 e. The lowest BCUT2D eigenvalue weighted by Crippen LogP contribution is -2.57. The Morgan fingerprint density at radius 1 is 1.17 bits per heavy atom. The number of piperidine rings is 3. The molecule has 3 fully saturated rings. The summed E-state index contributed by atoms with van der Waals surface area (Å²) in [6, 6.07) is 11.5. The third kappa shape index (κ3) is 4.07. The Hall–Kier alpha value is -2.80. The molecule has 0 saturated carbocycles. The summed E-state index contributed by atoms with van der Waals surface area (Å²) < 4.78 is 30.6. The molecule has 2 bridgehead atoms. The number of carbonyl (C=O) groups is 1. The number of nitrogens with zero attached hydrogens (tertiary/aromatic N) is 1. The smallest absolute Gasteiger partial charge is 0.251 e. The molecule has 0 radical (unpaired) electrons. The molecule has 0 spiro atoms. The molecule has 2 aromatic rings. The van der Waals surface area contributed by atoms with Crippen molar-refractivity contribution in [3.8, 4) is 17.2 Å². The maximum absolute atomic E-state index is 13.3. The molecule has 3 saturated heterocycles. The van der Waals surface area contributed by atoms with E-state index in [-0.39, 0.29) is 30.5 Å². The first kappa shape index (κ1) is 19.2. The van der Waals surface area contributed by atoms with Gasteiger partial charge in [0.05, 0.1) is 0 Å². The average molecular weight is 412 g/mol. The fraction of sp³-hybridized carbons (Fsp3) is 0.435. The molecule has 6 nitrogen and oxygen atoms in total. The van der Waals surface area contributed by atoms with Gasteiger partial charge in [-0.3, -0.25) is 4.79 Å². The van der Waals surface area contributed by atoms with Gasteiger partial charge in [0.2, 0.25) is 0 Å². The van der Waals surface area contributed by atoms with E-state index in [9.17, 15) is 9.18 Å². The standard InChI is InChI=1S/C23H25FN2O4/c24-17-2-1-3-18(11-17)28-13-19-14-29-22-10-16(4-5-21(22)30-19)23(27)25-20-12-26-8-6-15(20)7-9-26/h1-5,10-11,15,19-20H,6-9,12-14H2,(H,25,27)/t19-,20+/m1/s1. The zero-order chi connectivity index (χ0) is 20.5. The predicted octanol–water partition coefficient (Wildman–Crippen LogP) is 2.87. The topological polar surface area (TPSA) is 60.0 Å². The monoisotopic (exact) mass is 412 g/mol. The second-order valence-corrected chi connectivity index (χ2v) is 8.20. The summed E-state index contributed by atoms with van der Waals surface area (Å²) in [5, 5.41) is 3.20. The number of amides is 1. The highest BCUT2D eigenvalue weighted by Crippen LogP contribution is 2.33. The Bertz CT molecular complexity index is 929. The van der Waals surface area contributed by atoms with Gasteiger partial charge in [-0.05, 0) is 62.2 Å². The third-order valence-electron chi connectivity index (χ3n) is 6.13. The largest absolute Gasteiger partial charge is 0.489 e. The van der Waals surface area contributed by atoms with Crippen LogP contribution >= 0.6 is 0 Å². The lowest BCUT2D eigenvalue weighted by Gasteiger charge is -2.44. The van der Waals surface area contributed by atoms with Gasteiger partial charge in [0.1, 0.15) is 24.8 Å². The Labute approximate surface area is 174 Å². The summed E-state index contributed by atoms with van der Waals surface area (Å²) in [4.78, 5) is 15.2. The number of nitrogens with one attached hydrogen (secondary N) is 1. The van der Waals surface area contributed by atoms with E-state index in [0.717, 1.165) is 32.5 Å². The van der Waals surface area contributed by atoms with Crippen molar-refractivity contribution in [1.82, 2.24) is 10.2 Å². The molecule has 158 valence electrons. The van der Waals surface area contributed by atoms with Gasteiger partial charge in [0.15, 0.2) is 17.6 Å². The van der Waals surface area contributed by atoms with Crippen LogP contribution in [0.5, 0.6) is 17.2 Å². The molecular weight excluding hydrogens is 387 g/mol. The molecule has 4 aliphatic heterocycles. The Kier molecular flexibility index (Phi) is 5.21. The van der Waals surface area contributed by atoms with Crippen LogP contribution in [-0.2, 0) is 0 Å². The normalized spacial score (nSPS) is 26.8. The number of rotatable bonds is 5. The van der Waals surface area contributed by atoms with Crippen molar-refractivity contribution < 1.29 is 23.4 Å². The number of hydrogen-bond acceptors (Lipinski definition) is 5. The van der Waals surface area contributed by atoms with Crippen LogP contribution < -0.4 is 19.5 Å². The maximum atomic E-state index is 13.3. The molecule has 2 atom stereocenters. The highest BCUT2D eigenvalue weighted by Gasteiger charge is 2.35. The van der Waals surface area contributed by atoms with Crippen molar-refractivity contribution >= 4 is 5.91 Å². The number of ether oxygens (including phenoxy) is 3. The van der Waals surface area contributed by atoms with E-state index in [2.05, 4.69) is 10.2 Å². The highest BCUT2D eigenvalue weighted by molar-refractivity contribution is 5.95. The minimum absolute atomic E-state index is 0.0725. The van der Waals surface area contributed by atoms with Crippen molar-refractivity contribution in [2.24, 2.45) is 5.92 Å². The van der Waals surface area contributed by atoms with Crippen LogP contribution in [0.2, 0.25) is 0 Å². The summed E-state index contributed by atoms with van der Waals surface area (Å²) >= 11 is 0. The van der Waals surface area contributed by atoms with Gasteiger partial charge in [-0.15, -0.1) is 0 Å². The third-order valence-corrected chi connectivity index (χ3v) is 6.13. The molecule has 6 rings (SSSR count). The molecule has 30 heavy (non-hydrogen) atoms.